The average Bonchev–Trinajstić information content (AvgIpc) is 2.94. The summed E-state index contributed by atoms with van der Waals surface area (Å²) in [6.45, 7) is 0. The van der Waals surface area contributed by atoms with Gasteiger partial charge in [-0.1, -0.05) is 0 Å². The van der Waals surface area contributed by atoms with Crippen molar-refractivity contribution in [1.82, 2.24) is 14.5 Å². The van der Waals surface area contributed by atoms with Gasteiger partial charge in [-0.15, -0.1) is 11.3 Å². The minimum Gasteiger partial charge on any atom is -0.742 e. The molecule has 0 N–H and O–H groups in total. The fraction of sp³-hybridized carbons (Fsp3) is 0.364. The van der Waals surface area contributed by atoms with Gasteiger partial charge in [-0.25, -0.2) is 4.98 Å². The van der Waals surface area contributed by atoms with E-state index in [4.69, 9.17) is 12.6 Å². The van der Waals surface area contributed by atoms with Crippen LogP contribution in [0, 0.1) is 0 Å². The summed E-state index contributed by atoms with van der Waals surface area (Å²) in [5, 5.41) is 2.64. The van der Waals surface area contributed by atoms with Crippen molar-refractivity contribution in [2.75, 3.05) is 0 Å². The predicted octanol–water partition coefficient (Wildman–Crippen LogP) is 1.81. The van der Waals surface area contributed by atoms with Gasteiger partial charge in [0.05, 0.1) is 5.69 Å². The van der Waals surface area contributed by atoms with Crippen molar-refractivity contribution in [2.24, 2.45) is 0 Å². The van der Waals surface area contributed by atoms with Crippen LogP contribution in [-0.4, -0.2) is 20.4 Å². The first kappa shape index (κ1) is 10.9. The molecule has 0 fully saturated rings. The monoisotopic (exact) mass is 264 g/mol. The molecule has 0 aliphatic heterocycles. The van der Waals surface area contributed by atoms with Crippen molar-refractivity contribution in [1.29, 1.82) is 0 Å². The molecule has 2 aromatic heterocycles. The molecule has 0 spiro atoms. The van der Waals surface area contributed by atoms with Gasteiger partial charge < -0.3 is 12.6 Å². The summed E-state index contributed by atoms with van der Waals surface area (Å²) >= 11 is 6.51. The van der Waals surface area contributed by atoms with Crippen LogP contribution in [0.3, 0.4) is 0 Å². The average molecular weight is 264 g/mol. The molecule has 6 heteroatoms. The Hall–Kier alpha value is -1.27. The van der Waals surface area contributed by atoms with Crippen molar-refractivity contribution in [3.05, 3.63) is 28.0 Å². The molecule has 1 aliphatic rings. The summed E-state index contributed by atoms with van der Waals surface area (Å²) in [7, 11) is 0. The Labute approximate surface area is 108 Å². The highest BCUT2D eigenvalue weighted by molar-refractivity contribution is 7.58. The molecule has 4 nitrogen and oxygen atoms in total. The van der Waals surface area contributed by atoms with E-state index in [1.54, 1.807) is 16.1 Å². The largest absolute Gasteiger partial charge is 0.742 e. The maximum atomic E-state index is 12.3. The standard InChI is InChI=1S/C11H11N3OS2/c15-10(9-12-5-6-17-9)14-8-4-2-1-3-7(8)13-11(14)16/h5-6H,1-4H2,(H,13,16)/p-1. The quantitative estimate of drug-likeness (QED) is 0.737. The van der Waals surface area contributed by atoms with E-state index in [0.29, 0.717) is 10.2 Å². The molecule has 0 radical (unpaired) electrons. The highest BCUT2D eigenvalue weighted by atomic mass is 32.1. The van der Waals surface area contributed by atoms with Gasteiger partial charge in [0, 0.05) is 17.3 Å². The van der Waals surface area contributed by atoms with Crippen LogP contribution in [-0.2, 0) is 25.5 Å². The molecule has 3 rings (SSSR count). The lowest BCUT2D eigenvalue weighted by Gasteiger charge is -2.14. The lowest BCUT2D eigenvalue weighted by atomic mass is 10.0. The predicted molar refractivity (Wildman–Crippen MR) is 66.3 cm³/mol. The lowest BCUT2D eigenvalue weighted by Crippen LogP contribution is -2.17. The third kappa shape index (κ3) is 1.77. The zero-order chi connectivity index (χ0) is 11.8. The zero-order valence-corrected chi connectivity index (χ0v) is 10.7. The number of aromatic nitrogens is 3. The first-order chi connectivity index (χ1) is 8.27. The van der Waals surface area contributed by atoms with E-state index < -0.39 is 0 Å². The van der Waals surface area contributed by atoms with Crippen LogP contribution >= 0.6 is 11.3 Å². The molecule has 2 aromatic rings. The molecular weight excluding hydrogens is 254 g/mol. The van der Waals surface area contributed by atoms with Crippen LogP contribution in [0.2, 0.25) is 0 Å². The van der Waals surface area contributed by atoms with E-state index in [9.17, 15) is 4.79 Å². The maximum absolute atomic E-state index is 12.3. The number of nitrogens with zero attached hydrogens (tertiary/aromatic N) is 3. The molecule has 0 unspecified atom stereocenters. The Morgan fingerprint density at radius 1 is 1.41 bits per heavy atom. The third-order valence-corrected chi connectivity index (χ3v) is 3.96. The second-order valence-corrected chi connectivity index (χ2v) is 5.23. The summed E-state index contributed by atoms with van der Waals surface area (Å²) in [6.07, 6.45) is 5.67. The normalized spacial score (nSPS) is 14.6. The highest BCUT2D eigenvalue weighted by Gasteiger charge is 2.21. The maximum Gasteiger partial charge on any atom is 0.291 e. The summed E-state index contributed by atoms with van der Waals surface area (Å²) in [5.41, 5.74) is 1.98. The van der Waals surface area contributed by atoms with Crippen LogP contribution in [0.25, 0.3) is 0 Å². The Morgan fingerprint density at radius 2 is 2.24 bits per heavy atom. The van der Waals surface area contributed by atoms with Crippen molar-refractivity contribution in [3.8, 4) is 0 Å². The van der Waals surface area contributed by atoms with Crippen LogP contribution in [0.4, 0.5) is 0 Å². The molecule has 88 valence electrons. The van der Waals surface area contributed by atoms with E-state index in [2.05, 4.69) is 9.97 Å². The number of thiazole rings is 1. The molecule has 2 heterocycles. The topological polar surface area (TPSA) is 47.8 Å². The van der Waals surface area contributed by atoms with Gasteiger partial charge in [0.2, 0.25) is 0 Å². The minimum atomic E-state index is -0.138. The molecule has 0 saturated heterocycles. The Bertz CT molecular complexity index is 560. The number of fused-ring (bicyclic) bond motifs is 1. The first-order valence-corrected chi connectivity index (χ1v) is 6.78. The summed E-state index contributed by atoms with van der Waals surface area (Å²) in [4.78, 5) is 20.6. The zero-order valence-electron chi connectivity index (χ0n) is 9.05. The fourth-order valence-electron chi connectivity index (χ4n) is 2.15. The number of imidazole rings is 1. The van der Waals surface area contributed by atoms with Gasteiger partial charge in [-0.05, 0) is 30.8 Å². The fourth-order valence-corrected chi connectivity index (χ4v) is 3.02. The molecular formula is C11H10N3OS2-. The van der Waals surface area contributed by atoms with Crippen molar-refractivity contribution >= 4 is 29.9 Å². The smallest absolute Gasteiger partial charge is 0.291 e. The van der Waals surface area contributed by atoms with Gasteiger partial charge in [-0.2, -0.15) is 0 Å². The number of aryl methyl sites for hydroxylation is 1. The van der Waals surface area contributed by atoms with Gasteiger partial charge in [0.15, 0.2) is 5.01 Å². The van der Waals surface area contributed by atoms with Crippen LogP contribution in [0.5, 0.6) is 0 Å². The summed E-state index contributed by atoms with van der Waals surface area (Å²) in [5.74, 6) is -0.138. The molecule has 1 aliphatic carbocycles. The number of hydrogen-bond donors (Lipinski definition) is 0. The van der Waals surface area contributed by atoms with E-state index in [1.807, 2.05) is 0 Å². The Balaban J connectivity index is 2.08. The number of carbonyl (C=O) groups is 1. The van der Waals surface area contributed by atoms with Crippen LogP contribution < -0.4 is 0 Å². The Morgan fingerprint density at radius 3 is 3.00 bits per heavy atom. The van der Waals surface area contributed by atoms with Crippen LogP contribution in [0.15, 0.2) is 16.7 Å². The van der Waals surface area contributed by atoms with E-state index in [1.165, 1.54) is 11.3 Å². The molecule has 0 amide bonds. The van der Waals surface area contributed by atoms with E-state index >= 15 is 0 Å². The molecule has 0 saturated carbocycles. The Kier molecular flexibility index (Phi) is 2.68. The van der Waals surface area contributed by atoms with Gasteiger partial charge in [0.1, 0.15) is 0 Å². The SMILES string of the molecule is O=C(c1nccs1)n1c([S-])nc2c1CCCC2. The molecule has 0 aromatic carbocycles. The minimum absolute atomic E-state index is 0.138. The second-order valence-electron chi connectivity index (χ2n) is 3.97. The highest BCUT2D eigenvalue weighted by Crippen LogP contribution is 2.23. The van der Waals surface area contributed by atoms with Crippen molar-refractivity contribution in [2.45, 2.75) is 30.8 Å². The van der Waals surface area contributed by atoms with Gasteiger partial charge in [0.25, 0.3) is 5.91 Å². The number of carbonyl (C=O) groups excluding carboxylic acids is 1. The number of rotatable bonds is 1. The van der Waals surface area contributed by atoms with E-state index in [0.717, 1.165) is 37.1 Å². The third-order valence-electron chi connectivity index (χ3n) is 2.92. The summed E-state index contributed by atoms with van der Waals surface area (Å²) < 4.78 is 1.56. The van der Waals surface area contributed by atoms with Crippen LogP contribution in [0.1, 0.15) is 34.0 Å². The van der Waals surface area contributed by atoms with E-state index in [-0.39, 0.29) is 5.91 Å². The number of hydrogen-bond acceptors (Lipinski definition) is 5. The second kappa shape index (κ2) is 4.19. The molecule has 0 atom stereocenters. The van der Waals surface area contributed by atoms with Gasteiger partial charge in [-0.3, -0.25) is 14.3 Å². The van der Waals surface area contributed by atoms with Gasteiger partial charge >= 0.3 is 0 Å². The van der Waals surface area contributed by atoms with Crippen molar-refractivity contribution in [3.63, 3.8) is 0 Å². The summed E-state index contributed by atoms with van der Waals surface area (Å²) in [6, 6.07) is 0. The van der Waals surface area contributed by atoms with Crippen molar-refractivity contribution < 1.29 is 4.79 Å². The molecule has 17 heavy (non-hydrogen) atoms. The molecule has 0 bridgehead atoms. The lowest BCUT2D eigenvalue weighted by molar-refractivity contribution is 0.0946. The first-order valence-electron chi connectivity index (χ1n) is 5.49.